The predicted molar refractivity (Wildman–Crippen MR) is 142 cm³/mol. The minimum absolute atomic E-state index is 0.0633. The zero-order chi connectivity index (χ0) is 26.9. The van der Waals surface area contributed by atoms with Crippen LogP contribution in [-0.4, -0.2) is 67.9 Å². The van der Waals surface area contributed by atoms with Crippen LogP contribution in [0.15, 0.2) is 67.1 Å². The predicted octanol–water partition coefficient (Wildman–Crippen LogP) is 4.63. The number of aromatic nitrogens is 3. The first-order valence-corrected chi connectivity index (χ1v) is 12.4. The van der Waals surface area contributed by atoms with Gasteiger partial charge in [0, 0.05) is 55.3 Å². The summed E-state index contributed by atoms with van der Waals surface area (Å²) in [7, 11) is 0. The summed E-state index contributed by atoms with van der Waals surface area (Å²) in [6.07, 6.45) is 5.14. The van der Waals surface area contributed by atoms with Crippen molar-refractivity contribution in [1.29, 1.82) is 5.26 Å². The number of carbonyl (C=O) groups excluding carboxylic acids is 2. The quantitative estimate of drug-likeness (QED) is 0.400. The SMILES string of the molecule is CC(C)(C)OC(=O)N1CCN(C(=O)c2ccc(-c3cnc4ncc(-c5ccc(C#N)cc5)n4c3)cc2)CC1. The lowest BCUT2D eigenvalue weighted by Gasteiger charge is -2.35. The molecule has 9 heteroatoms. The van der Waals surface area contributed by atoms with E-state index in [2.05, 4.69) is 16.0 Å². The van der Waals surface area contributed by atoms with Gasteiger partial charge in [-0.15, -0.1) is 0 Å². The van der Waals surface area contributed by atoms with E-state index in [1.54, 1.807) is 34.3 Å². The molecule has 3 heterocycles. The van der Waals surface area contributed by atoms with Crippen LogP contribution in [0.2, 0.25) is 0 Å². The molecule has 0 radical (unpaired) electrons. The average molecular weight is 509 g/mol. The lowest BCUT2D eigenvalue weighted by atomic mass is 10.1. The maximum absolute atomic E-state index is 13.1. The summed E-state index contributed by atoms with van der Waals surface area (Å²) < 4.78 is 7.35. The molecule has 2 amide bonds. The molecule has 0 aliphatic carbocycles. The Labute approximate surface area is 220 Å². The minimum atomic E-state index is -0.547. The van der Waals surface area contributed by atoms with E-state index in [1.165, 1.54) is 0 Å². The van der Waals surface area contributed by atoms with Crippen LogP contribution in [0.25, 0.3) is 28.2 Å². The Morgan fingerprint density at radius 3 is 2.08 bits per heavy atom. The smallest absolute Gasteiger partial charge is 0.410 e. The molecule has 2 aromatic carbocycles. The highest BCUT2D eigenvalue weighted by Crippen LogP contribution is 2.25. The highest BCUT2D eigenvalue weighted by Gasteiger charge is 2.28. The summed E-state index contributed by atoms with van der Waals surface area (Å²) in [5.41, 5.74) is 4.25. The van der Waals surface area contributed by atoms with Gasteiger partial charge < -0.3 is 14.5 Å². The molecule has 192 valence electrons. The molecular formula is C29H28N6O3. The Balaban J connectivity index is 1.29. The van der Waals surface area contributed by atoms with Gasteiger partial charge in [0.05, 0.1) is 23.5 Å². The molecule has 0 unspecified atom stereocenters. The number of carbonyl (C=O) groups is 2. The number of nitrogens with zero attached hydrogens (tertiary/aromatic N) is 6. The van der Waals surface area contributed by atoms with Gasteiger partial charge in [-0.1, -0.05) is 24.3 Å². The Bertz CT molecular complexity index is 1520. The number of amides is 2. The lowest BCUT2D eigenvalue weighted by molar-refractivity contribution is 0.0141. The molecule has 1 fully saturated rings. The van der Waals surface area contributed by atoms with Crippen LogP contribution in [0.5, 0.6) is 0 Å². The molecule has 0 saturated carbocycles. The first-order chi connectivity index (χ1) is 18.2. The van der Waals surface area contributed by atoms with Gasteiger partial charge in [0.1, 0.15) is 5.60 Å². The summed E-state index contributed by atoms with van der Waals surface area (Å²) in [6, 6.07) is 16.9. The number of hydrogen-bond acceptors (Lipinski definition) is 6. The van der Waals surface area contributed by atoms with Crippen LogP contribution >= 0.6 is 0 Å². The molecule has 0 bridgehead atoms. The summed E-state index contributed by atoms with van der Waals surface area (Å²) in [4.78, 5) is 37.7. The van der Waals surface area contributed by atoms with Crippen molar-refractivity contribution in [3.05, 3.63) is 78.2 Å². The molecule has 0 N–H and O–H groups in total. The van der Waals surface area contributed by atoms with Gasteiger partial charge in [0.15, 0.2) is 0 Å². The third-order valence-corrected chi connectivity index (χ3v) is 6.36. The van der Waals surface area contributed by atoms with Crippen LogP contribution in [0, 0.1) is 11.3 Å². The Morgan fingerprint density at radius 1 is 0.842 bits per heavy atom. The van der Waals surface area contributed by atoms with E-state index < -0.39 is 5.60 Å². The van der Waals surface area contributed by atoms with Gasteiger partial charge in [-0.2, -0.15) is 5.26 Å². The molecule has 0 atom stereocenters. The molecule has 2 aromatic heterocycles. The third kappa shape index (κ3) is 5.20. The number of ether oxygens (including phenoxy) is 1. The second kappa shape index (κ2) is 9.98. The molecular weight excluding hydrogens is 480 g/mol. The maximum Gasteiger partial charge on any atom is 0.410 e. The fourth-order valence-electron chi connectivity index (χ4n) is 4.36. The van der Waals surface area contributed by atoms with Crippen LogP contribution in [0.3, 0.4) is 0 Å². The van der Waals surface area contributed by atoms with Crippen molar-refractivity contribution in [3.63, 3.8) is 0 Å². The van der Waals surface area contributed by atoms with Crippen LogP contribution in [0.4, 0.5) is 4.79 Å². The van der Waals surface area contributed by atoms with Crippen molar-refractivity contribution in [2.24, 2.45) is 0 Å². The van der Waals surface area contributed by atoms with Crippen LogP contribution in [-0.2, 0) is 4.74 Å². The molecule has 1 aliphatic rings. The first-order valence-electron chi connectivity index (χ1n) is 12.4. The van der Waals surface area contributed by atoms with E-state index in [4.69, 9.17) is 10.00 Å². The molecule has 0 spiro atoms. The van der Waals surface area contributed by atoms with Crippen molar-refractivity contribution < 1.29 is 14.3 Å². The van der Waals surface area contributed by atoms with Crippen molar-refractivity contribution in [3.8, 4) is 28.5 Å². The molecule has 1 saturated heterocycles. The Kier molecular flexibility index (Phi) is 6.55. The Morgan fingerprint density at radius 2 is 1.45 bits per heavy atom. The zero-order valence-corrected chi connectivity index (χ0v) is 21.6. The van der Waals surface area contributed by atoms with E-state index in [9.17, 15) is 9.59 Å². The fraction of sp³-hybridized carbons (Fsp3) is 0.276. The van der Waals surface area contributed by atoms with Gasteiger partial charge >= 0.3 is 6.09 Å². The van der Waals surface area contributed by atoms with E-state index >= 15 is 0 Å². The van der Waals surface area contributed by atoms with Crippen molar-refractivity contribution in [1.82, 2.24) is 24.2 Å². The molecule has 9 nitrogen and oxygen atoms in total. The third-order valence-electron chi connectivity index (χ3n) is 6.36. The monoisotopic (exact) mass is 508 g/mol. The van der Waals surface area contributed by atoms with Crippen LogP contribution < -0.4 is 0 Å². The number of benzene rings is 2. The number of nitriles is 1. The van der Waals surface area contributed by atoms with Crippen molar-refractivity contribution in [2.45, 2.75) is 26.4 Å². The molecule has 38 heavy (non-hydrogen) atoms. The van der Waals surface area contributed by atoms with Crippen molar-refractivity contribution in [2.75, 3.05) is 26.2 Å². The first kappa shape index (κ1) is 25.0. The van der Waals surface area contributed by atoms with E-state index in [0.29, 0.717) is 43.1 Å². The standard InChI is InChI=1S/C29H28N6O3/c1-29(2,3)38-28(37)34-14-12-33(13-15-34)26(36)23-10-8-21(9-11-23)24-17-31-27-32-18-25(35(27)19-24)22-6-4-20(16-30)5-7-22/h4-11,17-19H,12-15H2,1-3H3. The number of rotatable bonds is 3. The van der Waals surface area contributed by atoms with Gasteiger partial charge in [0.2, 0.25) is 5.78 Å². The zero-order valence-electron chi connectivity index (χ0n) is 21.6. The van der Waals surface area contributed by atoms with Gasteiger partial charge in [-0.05, 0) is 50.6 Å². The minimum Gasteiger partial charge on any atom is -0.444 e. The second-order valence-corrected chi connectivity index (χ2v) is 10.2. The number of imidazole rings is 1. The van der Waals surface area contributed by atoms with Crippen molar-refractivity contribution >= 4 is 17.8 Å². The normalized spacial score (nSPS) is 13.8. The summed E-state index contributed by atoms with van der Waals surface area (Å²) in [5, 5.41) is 9.07. The highest BCUT2D eigenvalue weighted by atomic mass is 16.6. The summed E-state index contributed by atoms with van der Waals surface area (Å²) in [5.74, 6) is 0.511. The maximum atomic E-state index is 13.1. The van der Waals surface area contributed by atoms with Gasteiger partial charge in [-0.25, -0.2) is 14.8 Å². The fourth-order valence-corrected chi connectivity index (χ4v) is 4.36. The summed E-state index contributed by atoms with van der Waals surface area (Å²) in [6.45, 7) is 7.32. The van der Waals surface area contributed by atoms with Crippen LogP contribution in [0.1, 0.15) is 36.7 Å². The highest BCUT2D eigenvalue weighted by molar-refractivity contribution is 5.95. The van der Waals surface area contributed by atoms with E-state index in [1.807, 2.05) is 67.8 Å². The molecule has 5 rings (SSSR count). The number of piperazine rings is 1. The van der Waals surface area contributed by atoms with Gasteiger partial charge in [-0.3, -0.25) is 9.20 Å². The van der Waals surface area contributed by atoms with E-state index in [0.717, 1.165) is 22.4 Å². The molecule has 1 aliphatic heterocycles. The van der Waals surface area contributed by atoms with Gasteiger partial charge in [0.25, 0.3) is 5.91 Å². The summed E-state index contributed by atoms with van der Waals surface area (Å²) >= 11 is 0. The lowest BCUT2D eigenvalue weighted by Crippen LogP contribution is -2.51. The second-order valence-electron chi connectivity index (χ2n) is 10.2. The topological polar surface area (TPSA) is 104 Å². The Hall–Kier alpha value is -4.71. The average Bonchev–Trinajstić information content (AvgIpc) is 3.35. The van der Waals surface area contributed by atoms with E-state index in [-0.39, 0.29) is 12.0 Å². The molecule has 4 aromatic rings. The number of hydrogen-bond donors (Lipinski definition) is 0. The largest absolute Gasteiger partial charge is 0.444 e. The number of fused-ring (bicyclic) bond motifs is 1.